The summed E-state index contributed by atoms with van der Waals surface area (Å²) in [4.78, 5) is 56.6. The second-order valence-electron chi connectivity index (χ2n) is 11.6. The number of Topliss-reactive ketones (excluding diaryl/α,β-unsaturated/α-hetero) is 2. The van der Waals surface area contributed by atoms with Crippen molar-refractivity contribution >= 4 is 34.8 Å². The van der Waals surface area contributed by atoms with E-state index in [4.69, 9.17) is 5.73 Å². The standard InChI is InChI=1S/C28H37N5O8/c1-31(2)11-17(34)30-10-13-9-16(32(3)4)14-7-12-8-15-21(33(5)6)24(37)20(27(29)40)26(39)28(15,41)25(38)18(12)23(36)19(14)22(13)35/h9,12,15,21,35-36,39,41H,7-8,10-11H2,1-6H3,(H2,29,40)(H,30,34)/t12?,15?,21-,28-/m0/s1. The number of ketones is 2. The number of hydrogen-bond acceptors (Lipinski definition) is 11. The molecule has 0 bridgehead atoms. The first-order valence-electron chi connectivity index (χ1n) is 13.1. The maximum absolute atomic E-state index is 14.0. The lowest BCUT2D eigenvalue weighted by Crippen LogP contribution is -2.65. The van der Waals surface area contributed by atoms with Crippen molar-refractivity contribution in [2.75, 3.05) is 53.7 Å². The minimum Gasteiger partial charge on any atom is -0.508 e. The average Bonchev–Trinajstić information content (AvgIpc) is 2.84. The van der Waals surface area contributed by atoms with Crippen LogP contribution in [0.1, 0.15) is 23.1 Å². The van der Waals surface area contributed by atoms with Crippen LogP contribution in [0.5, 0.6) is 5.75 Å². The first-order valence-corrected chi connectivity index (χ1v) is 13.1. The number of nitrogens with one attached hydrogen (secondary N) is 1. The highest BCUT2D eigenvalue weighted by atomic mass is 16.3. The van der Waals surface area contributed by atoms with Crippen molar-refractivity contribution in [3.05, 3.63) is 39.7 Å². The number of anilines is 1. The molecule has 13 nitrogen and oxygen atoms in total. The maximum Gasteiger partial charge on any atom is 0.255 e. The summed E-state index contributed by atoms with van der Waals surface area (Å²) in [6.45, 7) is 0.0645. The normalized spacial score (nSPS) is 25.7. The van der Waals surface area contributed by atoms with E-state index in [0.29, 0.717) is 16.8 Å². The number of aliphatic hydroxyl groups excluding tert-OH is 2. The molecule has 2 amide bonds. The number of hydrogen-bond donors (Lipinski definition) is 6. The number of benzene rings is 1. The Bertz CT molecular complexity index is 1410. The molecule has 0 radical (unpaired) electrons. The summed E-state index contributed by atoms with van der Waals surface area (Å²) in [7, 11) is 10.1. The zero-order valence-electron chi connectivity index (χ0n) is 24.0. The van der Waals surface area contributed by atoms with Crippen LogP contribution in [0.3, 0.4) is 0 Å². The van der Waals surface area contributed by atoms with Gasteiger partial charge in [-0.05, 0) is 58.6 Å². The molecule has 0 heterocycles. The molecule has 0 aliphatic heterocycles. The molecule has 0 saturated heterocycles. The summed E-state index contributed by atoms with van der Waals surface area (Å²) in [6, 6.07) is 0.548. The van der Waals surface area contributed by atoms with Crippen molar-refractivity contribution in [1.82, 2.24) is 15.1 Å². The molecule has 1 aromatic rings. The summed E-state index contributed by atoms with van der Waals surface area (Å²) < 4.78 is 0. The lowest BCUT2D eigenvalue weighted by atomic mass is 9.57. The number of primary amides is 1. The van der Waals surface area contributed by atoms with Gasteiger partial charge >= 0.3 is 0 Å². The number of phenols is 1. The number of nitrogens with zero attached hydrogens (tertiary/aromatic N) is 3. The quantitative estimate of drug-likeness (QED) is 0.224. The molecule has 2 unspecified atom stereocenters. The van der Waals surface area contributed by atoms with Crippen LogP contribution < -0.4 is 16.0 Å². The number of aliphatic hydroxyl groups is 3. The lowest BCUT2D eigenvalue weighted by Gasteiger charge is -2.50. The first kappa shape index (κ1) is 30.0. The predicted molar refractivity (Wildman–Crippen MR) is 149 cm³/mol. The van der Waals surface area contributed by atoms with Crippen molar-refractivity contribution in [2.45, 2.75) is 31.0 Å². The van der Waals surface area contributed by atoms with Gasteiger partial charge in [0.2, 0.25) is 11.7 Å². The van der Waals surface area contributed by atoms with Crippen LogP contribution in [0.4, 0.5) is 5.69 Å². The first-order chi connectivity index (χ1) is 19.0. The van der Waals surface area contributed by atoms with Crippen molar-refractivity contribution < 1.29 is 39.6 Å². The number of fused-ring (bicyclic) bond motifs is 3. The molecule has 0 spiro atoms. The molecule has 4 atom stereocenters. The van der Waals surface area contributed by atoms with Gasteiger partial charge in [-0.15, -0.1) is 0 Å². The van der Waals surface area contributed by atoms with Crippen LogP contribution in [0, 0.1) is 11.8 Å². The lowest BCUT2D eigenvalue weighted by molar-refractivity contribution is -0.153. The number of rotatable bonds is 7. The van der Waals surface area contributed by atoms with Gasteiger partial charge in [0.15, 0.2) is 11.4 Å². The van der Waals surface area contributed by atoms with Crippen LogP contribution >= 0.6 is 0 Å². The van der Waals surface area contributed by atoms with Crippen LogP contribution in [0.2, 0.25) is 0 Å². The fourth-order valence-electron chi connectivity index (χ4n) is 6.42. The van der Waals surface area contributed by atoms with E-state index in [9.17, 15) is 39.6 Å². The zero-order chi connectivity index (χ0) is 30.7. The number of phenolic OH excluding ortho intramolecular Hbond substituents is 1. The fourth-order valence-corrected chi connectivity index (χ4v) is 6.42. The van der Waals surface area contributed by atoms with E-state index in [2.05, 4.69) is 5.32 Å². The number of likely N-dealkylation sites (N-methyl/N-ethyl adjacent to an activating group) is 2. The van der Waals surface area contributed by atoms with E-state index in [0.717, 1.165) is 0 Å². The van der Waals surface area contributed by atoms with Crippen molar-refractivity contribution in [3.63, 3.8) is 0 Å². The minimum atomic E-state index is -2.71. The van der Waals surface area contributed by atoms with Crippen LogP contribution in [0.15, 0.2) is 23.0 Å². The summed E-state index contributed by atoms with van der Waals surface area (Å²) in [5.41, 5.74) is 3.01. The van der Waals surface area contributed by atoms with Crippen LogP contribution in [0.25, 0.3) is 5.76 Å². The average molecular weight is 572 g/mol. The van der Waals surface area contributed by atoms with Crippen molar-refractivity contribution in [3.8, 4) is 5.75 Å². The van der Waals surface area contributed by atoms with Gasteiger partial charge in [0.1, 0.15) is 22.8 Å². The van der Waals surface area contributed by atoms with Crippen LogP contribution in [-0.2, 0) is 32.1 Å². The molecule has 13 heteroatoms. The Morgan fingerprint density at radius 3 is 2.27 bits per heavy atom. The molecule has 222 valence electrons. The molecule has 41 heavy (non-hydrogen) atoms. The number of carbonyl (C=O) groups is 4. The van der Waals surface area contributed by atoms with E-state index in [-0.39, 0.29) is 48.7 Å². The van der Waals surface area contributed by atoms with Gasteiger partial charge in [-0.3, -0.25) is 24.1 Å². The topological polar surface area (TPSA) is 197 Å². The monoisotopic (exact) mass is 571 g/mol. The highest BCUT2D eigenvalue weighted by Crippen LogP contribution is 2.54. The van der Waals surface area contributed by atoms with Gasteiger partial charge in [0.05, 0.1) is 18.2 Å². The van der Waals surface area contributed by atoms with E-state index >= 15 is 0 Å². The van der Waals surface area contributed by atoms with Crippen LogP contribution in [-0.4, -0.2) is 114 Å². The summed E-state index contributed by atoms with van der Waals surface area (Å²) in [5, 5.41) is 48.3. The molecule has 7 N–H and O–H groups in total. The molecule has 1 aromatic carbocycles. The number of amides is 2. The smallest absolute Gasteiger partial charge is 0.255 e. The Morgan fingerprint density at radius 2 is 1.73 bits per heavy atom. The van der Waals surface area contributed by atoms with Crippen molar-refractivity contribution in [2.24, 2.45) is 17.6 Å². The zero-order valence-corrected chi connectivity index (χ0v) is 24.0. The van der Waals surface area contributed by atoms with Gasteiger partial charge in [0, 0.05) is 43.4 Å². The molecule has 3 aliphatic rings. The molecule has 0 aromatic heterocycles. The Kier molecular flexibility index (Phi) is 7.67. The Morgan fingerprint density at radius 1 is 1.10 bits per heavy atom. The minimum absolute atomic E-state index is 0.00172. The van der Waals surface area contributed by atoms with E-state index < -0.39 is 58.0 Å². The second-order valence-corrected chi connectivity index (χ2v) is 11.6. The third kappa shape index (κ3) is 4.63. The highest BCUT2D eigenvalue weighted by molar-refractivity contribution is 6.24. The highest BCUT2D eigenvalue weighted by Gasteiger charge is 2.64. The number of nitrogens with two attached hydrogens (primary N) is 1. The SMILES string of the molecule is CN(C)CC(=O)NCc1cc(N(C)C)c2c(c1O)C(O)=C1C(=O)[C@]3(O)C(O)=C(C(N)=O)C(=O)[C@@H](N(C)C)C3CC1C2. The van der Waals surface area contributed by atoms with E-state index in [1.165, 1.54) is 4.90 Å². The van der Waals surface area contributed by atoms with Gasteiger partial charge in [-0.25, -0.2) is 0 Å². The summed E-state index contributed by atoms with van der Waals surface area (Å²) in [6.07, 6.45) is 0.171. The maximum atomic E-state index is 14.0. The molecule has 4 rings (SSSR count). The summed E-state index contributed by atoms with van der Waals surface area (Å²) in [5.74, 6) is -7.34. The molecule has 1 fully saturated rings. The number of aromatic hydroxyl groups is 1. The number of carbonyl (C=O) groups excluding carboxylic acids is 4. The molecule has 3 aliphatic carbocycles. The molecular formula is C28H37N5O8. The summed E-state index contributed by atoms with van der Waals surface area (Å²) >= 11 is 0. The third-order valence-electron chi connectivity index (χ3n) is 8.19. The second kappa shape index (κ2) is 10.5. The van der Waals surface area contributed by atoms with Gasteiger partial charge in [-0.1, -0.05) is 0 Å². The Balaban J connectivity index is 1.90. The third-order valence-corrected chi connectivity index (χ3v) is 8.19. The van der Waals surface area contributed by atoms with Gasteiger partial charge < -0.3 is 41.3 Å². The Labute approximate surface area is 237 Å². The molecule has 1 saturated carbocycles. The van der Waals surface area contributed by atoms with Crippen molar-refractivity contribution in [1.29, 1.82) is 0 Å². The van der Waals surface area contributed by atoms with Gasteiger partial charge in [0.25, 0.3) is 5.91 Å². The van der Waals surface area contributed by atoms with E-state index in [1.54, 1.807) is 58.2 Å². The van der Waals surface area contributed by atoms with Gasteiger partial charge in [-0.2, -0.15) is 0 Å². The molecular weight excluding hydrogens is 534 g/mol. The van der Waals surface area contributed by atoms with E-state index in [1.807, 2.05) is 0 Å². The predicted octanol–water partition coefficient (Wildman–Crippen LogP) is -0.792. The largest absolute Gasteiger partial charge is 0.508 e. The fraction of sp³-hybridized carbons (Fsp3) is 0.500. The Hall–Kier alpha value is -3.94.